The fourth-order valence-electron chi connectivity index (χ4n) is 1.60. The summed E-state index contributed by atoms with van der Waals surface area (Å²) in [6, 6.07) is 14.2. The number of benzene rings is 2. The van der Waals surface area contributed by atoms with Crippen molar-refractivity contribution in [3.05, 3.63) is 48.0 Å². The van der Waals surface area contributed by atoms with Crippen LogP contribution >= 0.6 is 11.8 Å². The minimum atomic E-state index is 0.838. The van der Waals surface area contributed by atoms with Gasteiger partial charge in [-0.15, -0.1) is 0 Å². The Labute approximate surface area is 123 Å². The van der Waals surface area contributed by atoms with Gasteiger partial charge in [0.1, 0.15) is 11.5 Å². The van der Waals surface area contributed by atoms with Crippen LogP contribution in [-0.2, 0) is 0 Å². The Morgan fingerprint density at radius 2 is 1.55 bits per heavy atom. The molecule has 20 heavy (non-hydrogen) atoms. The first-order valence-electron chi connectivity index (χ1n) is 5.89. The van der Waals surface area contributed by atoms with Crippen molar-refractivity contribution < 1.29 is 9.47 Å². The lowest BCUT2D eigenvalue weighted by Gasteiger charge is -2.10. The third-order valence-electron chi connectivity index (χ3n) is 2.62. The maximum absolute atomic E-state index is 6.00. The fourth-order valence-corrected chi connectivity index (χ4v) is 2.55. The van der Waals surface area contributed by atoms with E-state index in [4.69, 9.17) is 20.3 Å². The smallest absolute Gasteiger partial charge is 0.133 e. The average molecular weight is 288 g/mol. The molecule has 0 amide bonds. The standard InChI is InChI=1S/C15H16O2S.N2/c1-11-4-7-13(8-5-11)18-15-10-12(16-2)6-9-14(15)17-3;1-2/h4-10H,1-3H3;. The Kier molecular flexibility index (Phi) is 6.41. The molecular formula is C15H16N2O2S. The summed E-state index contributed by atoms with van der Waals surface area (Å²) in [6.45, 7) is 2.08. The molecule has 0 aliphatic carbocycles. The molecule has 0 unspecified atom stereocenters. The number of ether oxygens (including phenoxy) is 2. The lowest BCUT2D eigenvalue weighted by atomic mass is 10.2. The van der Waals surface area contributed by atoms with Crippen LogP contribution in [-0.4, -0.2) is 14.2 Å². The van der Waals surface area contributed by atoms with Crippen LogP contribution in [0.3, 0.4) is 0 Å². The lowest BCUT2D eigenvalue weighted by Crippen LogP contribution is -1.88. The van der Waals surface area contributed by atoms with Crippen LogP contribution in [0.2, 0.25) is 0 Å². The Bertz CT molecular complexity index is 568. The van der Waals surface area contributed by atoms with E-state index in [9.17, 15) is 0 Å². The zero-order valence-corrected chi connectivity index (χ0v) is 12.5. The molecule has 0 aromatic heterocycles. The molecule has 0 saturated carbocycles. The summed E-state index contributed by atoms with van der Waals surface area (Å²) in [6.07, 6.45) is 0. The van der Waals surface area contributed by atoms with Crippen molar-refractivity contribution in [2.45, 2.75) is 16.7 Å². The largest absolute Gasteiger partial charge is 0.497 e. The van der Waals surface area contributed by atoms with Gasteiger partial charge in [-0.1, -0.05) is 29.5 Å². The van der Waals surface area contributed by atoms with Gasteiger partial charge in [-0.25, -0.2) is 0 Å². The SMILES string of the molecule is COc1ccc(OC)c(Sc2ccc(C)cc2)c1.N#N. The highest BCUT2D eigenvalue weighted by atomic mass is 32.2. The van der Waals surface area contributed by atoms with Crippen LogP contribution in [0.5, 0.6) is 11.5 Å². The van der Waals surface area contributed by atoms with Gasteiger partial charge in [-0.3, -0.25) is 0 Å². The molecule has 2 aromatic carbocycles. The van der Waals surface area contributed by atoms with Crippen molar-refractivity contribution in [1.82, 2.24) is 0 Å². The topological polar surface area (TPSA) is 66.0 Å². The molecule has 0 aliphatic heterocycles. The highest BCUT2D eigenvalue weighted by Crippen LogP contribution is 2.37. The lowest BCUT2D eigenvalue weighted by molar-refractivity contribution is 0.394. The number of nitrogens with zero attached hydrogens (tertiary/aromatic N) is 2. The Morgan fingerprint density at radius 1 is 0.900 bits per heavy atom. The highest BCUT2D eigenvalue weighted by molar-refractivity contribution is 7.99. The van der Waals surface area contributed by atoms with Gasteiger partial charge in [0, 0.05) is 15.7 Å². The van der Waals surface area contributed by atoms with E-state index in [2.05, 4.69) is 31.2 Å². The second-order valence-corrected chi connectivity index (χ2v) is 5.05. The monoisotopic (exact) mass is 288 g/mol. The molecule has 2 aromatic rings. The van der Waals surface area contributed by atoms with Crippen molar-refractivity contribution in [2.75, 3.05) is 14.2 Å². The van der Waals surface area contributed by atoms with Crippen molar-refractivity contribution in [2.24, 2.45) is 0 Å². The van der Waals surface area contributed by atoms with Crippen molar-refractivity contribution in [3.8, 4) is 11.5 Å². The first-order chi connectivity index (χ1) is 9.72. The third kappa shape index (κ3) is 4.18. The highest BCUT2D eigenvalue weighted by Gasteiger charge is 2.06. The van der Waals surface area contributed by atoms with Gasteiger partial charge in [0.25, 0.3) is 0 Å². The van der Waals surface area contributed by atoms with E-state index in [1.54, 1.807) is 26.0 Å². The first kappa shape index (κ1) is 15.9. The summed E-state index contributed by atoms with van der Waals surface area (Å²) in [5, 5.41) is 12.0. The van der Waals surface area contributed by atoms with Gasteiger partial charge in [0.2, 0.25) is 0 Å². The maximum atomic E-state index is 6.00. The van der Waals surface area contributed by atoms with Crippen LogP contribution in [0.25, 0.3) is 0 Å². The van der Waals surface area contributed by atoms with E-state index in [0.717, 1.165) is 16.4 Å². The molecule has 0 fully saturated rings. The van der Waals surface area contributed by atoms with Gasteiger partial charge in [-0.2, -0.15) is 0 Å². The summed E-state index contributed by atoms with van der Waals surface area (Å²) in [7, 11) is 3.35. The molecule has 4 nitrogen and oxygen atoms in total. The zero-order valence-electron chi connectivity index (χ0n) is 11.7. The summed E-state index contributed by atoms with van der Waals surface area (Å²) >= 11 is 1.67. The molecule has 0 heterocycles. The van der Waals surface area contributed by atoms with Crippen molar-refractivity contribution >= 4 is 11.8 Å². The molecule has 104 valence electrons. The number of rotatable bonds is 4. The van der Waals surface area contributed by atoms with Gasteiger partial charge in [0.15, 0.2) is 0 Å². The molecule has 0 saturated heterocycles. The van der Waals surface area contributed by atoms with E-state index in [1.807, 2.05) is 18.2 Å². The predicted molar refractivity (Wildman–Crippen MR) is 78.3 cm³/mol. The maximum Gasteiger partial charge on any atom is 0.133 e. The van der Waals surface area contributed by atoms with E-state index < -0.39 is 0 Å². The van der Waals surface area contributed by atoms with Crippen LogP contribution in [0, 0.1) is 17.7 Å². The second kappa shape index (κ2) is 8.08. The quantitative estimate of drug-likeness (QED) is 0.789. The summed E-state index contributed by atoms with van der Waals surface area (Å²) in [4.78, 5) is 2.24. The van der Waals surface area contributed by atoms with E-state index >= 15 is 0 Å². The normalized spacial score (nSPS) is 9.25. The van der Waals surface area contributed by atoms with Gasteiger partial charge in [0.05, 0.1) is 19.1 Å². The van der Waals surface area contributed by atoms with E-state index in [-0.39, 0.29) is 0 Å². The summed E-state index contributed by atoms with van der Waals surface area (Å²) in [5.74, 6) is 1.70. The predicted octanol–water partition coefficient (Wildman–Crippen LogP) is 4.19. The van der Waals surface area contributed by atoms with Crippen molar-refractivity contribution in [1.29, 1.82) is 10.8 Å². The number of hydrogen-bond acceptors (Lipinski definition) is 5. The molecule has 0 bridgehead atoms. The van der Waals surface area contributed by atoms with Gasteiger partial charge >= 0.3 is 0 Å². The Balaban J connectivity index is 0.000000956. The van der Waals surface area contributed by atoms with E-state index in [0.29, 0.717) is 0 Å². The van der Waals surface area contributed by atoms with Crippen LogP contribution in [0.1, 0.15) is 5.56 Å². The fraction of sp³-hybridized carbons (Fsp3) is 0.200. The zero-order chi connectivity index (χ0) is 15.0. The molecule has 0 radical (unpaired) electrons. The second-order valence-electron chi connectivity index (χ2n) is 3.93. The molecule has 0 N–H and O–H groups in total. The molecule has 0 aliphatic rings. The molecule has 5 heteroatoms. The minimum absolute atomic E-state index is 0.838. The van der Waals surface area contributed by atoms with Crippen LogP contribution < -0.4 is 9.47 Å². The number of aryl methyl sites for hydroxylation is 1. The van der Waals surface area contributed by atoms with Crippen LogP contribution in [0.15, 0.2) is 52.3 Å². The number of methoxy groups -OCH3 is 2. The molecule has 0 spiro atoms. The van der Waals surface area contributed by atoms with E-state index in [1.165, 1.54) is 10.5 Å². The molecule has 0 atom stereocenters. The minimum Gasteiger partial charge on any atom is -0.497 e. The Morgan fingerprint density at radius 3 is 2.10 bits per heavy atom. The first-order valence-corrected chi connectivity index (χ1v) is 6.71. The summed E-state index contributed by atoms with van der Waals surface area (Å²) in [5.41, 5.74) is 1.26. The number of hydrogen-bond donors (Lipinski definition) is 0. The molecular weight excluding hydrogens is 272 g/mol. The molecule has 2 rings (SSSR count). The van der Waals surface area contributed by atoms with Crippen molar-refractivity contribution in [3.63, 3.8) is 0 Å². The van der Waals surface area contributed by atoms with Gasteiger partial charge in [-0.05, 0) is 37.3 Å². The summed E-state index contributed by atoms with van der Waals surface area (Å²) < 4.78 is 10.6. The van der Waals surface area contributed by atoms with Crippen LogP contribution in [0.4, 0.5) is 0 Å². The third-order valence-corrected chi connectivity index (χ3v) is 3.67. The average Bonchev–Trinajstić information content (AvgIpc) is 2.51. The van der Waals surface area contributed by atoms with Gasteiger partial charge < -0.3 is 9.47 Å². The Hall–Kier alpha value is -2.19.